The lowest BCUT2D eigenvalue weighted by molar-refractivity contribution is 1.06. The molecule has 3 aromatic heterocycles. The van der Waals surface area contributed by atoms with Gasteiger partial charge >= 0.3 is 0 Å². The highest BCUT2D eigenvalue weighted by molar-refractivity contribution is 7.26. The normalized spacial score (nSPS) is 11.8. The van der Waals surface area contributed by atoms with E-state index in [2.05, 4.69) is 102 Å². The molecule has 10 aromatic rings. The van der Waals surface area contributed by atoms with E-state index < -0.39 is 0 Å². The minimum Gasteiger partial charge on any atom is -0.308 e. The van der Waals surface area contributed by atoms with Crippen molar-refractivity contribution in [3.63, 3.8) is 0 Å². The Labute approximate surface area is 280 Å². The van der Waals surface area contributed by atoms with Gasteiger partial charge in [-0.3, -0.25) is 0 Å². The van der Waals surface area contributed by atoms with Crippen LogP contribution in [-0.2, 0) is 0 Å². The average molecular weight is 631 g/mol. The second-order valence-electron chi connectivity index (χ2n) is 12.0. The van der Waals surface area contributed by atoms with Crippen molar-refractivity contribution in [2.24, 2.45) is 0 Å². The van der Waals surface area contributed by atoms with Crippen LogP contribution in [0.15, 0.2) is 158 Å². The van der Waals surface area contributed by atoms with Crippen LogP contribution in [0, 0.1) is 0 Å². The Bertz CT molecular complexity index is 2780. The van der Waals surface area contributed by atoms with Gasteiger partial charge in [-0.1, -0.05) is 127 Å². The molecular weight excluding hydrogens is 605 g/mol. The molecule has 0 fully saturated rings. The fourth-order valence-corrected chi connectivity index (χ4v) is 8.36. The number of thiophene rings is 1. The van der Waals surface area contributed by atoms with Crippen molar-refractivity contribution < 1.29 is 0 Å². The first kappa shape index (κ1) is 27.0. The molecule has 3 heterocycles. The molecule has 0 aliphatic heterocycles. The minimum atomic E-state index is 0.636. The van der Waals surface area contributed by atoms with Gasteiger partial charge in [-0.15, -0.1) is 11.3 Å². The van der Waals surface area contributed by atoms with Crippen molar-refractivity contribution in [3.05, 3.63) is 158 Å². The van der Waals surface area contributed by atoms with E-state index in [1.54, 1.807) is 0 Å². The van der Waals surface area contributed by atoms with Crippen LogP contribution < -0.4 is 0 Å². The molecule has 5 heteroatoms. The molecule has 0 bridgehead atoms. The van der Waals surface area contributed by atoms with Crippen molar-refractivity contribution in [3.8, 4) is 39.9 Å². The Morgan fingerprint density at radius 1 is 0.417 bits per heavy atom. The molecule has 4 nitrogen and oxygen atoms in total. The SMILES string of the molecule is c1ccc(-c2nc(-c3ccccc3)nc(-c3ccccc3-n3c4ccccc4c4c5c(ccc6c7ccccc7sc65)ccc43)n2)cc1. The largest absolute Gasteiger partial charge is 0.308 e. The predicted octanol–water partition coefficient (Wildman–Crippen LogP) is 11.5. The summed E-state index contributed by atoms with van der Waals surface area (Å²) < 4.78 is 5.03. The molecule has 0 unspecified atom stereocenters. The van der Waals surface area contributed by atoms with Gasteiger partial charge in [0.05, 0.1) is 16.7 Å². The molecule has 7 aromatic carbocycles. The van der Waals surface area contributed by atoms with Crippen molar-refractivity contribution in [1.29, 1.82) is 0 Å². The first-order valence-electron chi connectivity index (χ1n) is 16.0. The van der Waals surface area contributed by atoms with Gasteiger partial charge in [0.15, 0.2) is 17.5 Å². The molecule has 48 heavy (non-hydrogen) atoms. The molecule has 0 saturated carbocycles. The van der Waals surface area contributed by atoms with Gasteiger partial charge in [0.1, 0.15) is 0 Å². The lowest BCUT2D eigenvalue weighted by Gasteiger charge is -2.14. The zero-order chi connectivity index (χ0) is 31.6. The maximum Gasteiger partial charge on any atom is 0.166 e. The standard InChI is InChI=1S/C43H26N4S/c1-3-13-28(14-4-1)41-44-42(29-15-5-2-6-16-29)46-43(45-41)33-19-8-11-21-35(33)47-34-20-10-7-18-32(34)39-36(47)26-24-27-23-25-31-30-17-9-12-22-37(30)48-40(31)38(27)39/h1-26H. The highest BCUT2D eigenvalue weighted by atomic mass is 32.1. The third-order valence-corrected chi connectivity index (χ3v) is 10.5. The summed E-state index contributed by atoms with van der Waals surface area (Å²) in [4.78, 5) is 15.2. The van der Waals surface area contributed by atoms with Crippen LogP contribution in [0.5, 0.6) is 0 Å². The second-order valence-corrected chi connectivity index (χ2v) is 13.1. The van der Waals surface area contributed by atoms with Gasteiger partial charge in [0.2, 0.25) is 0 Å². The number of nitrogens with zero attached hydrogens (tertiary/aromatic N) is 4. The molecule has 10 rings (SSSR count). The summed E-state index contributed by atoms with van der Waals surface area (Å²) in [5, 5.41) is 7.65. The number of hydrogen-bond donors (Lipinski definition) is 0. The topological polar surface area (TPSA) is 43.6 Å². The van der Waals surface area contributed by atoms with Gasteiger partial charge in [0.25, 0.3) is 0 Å². The predicted molar refractivity (Wildman–Crippen MR) is 201 cm³/mol. The smallest absolute Gasteiger partial charge is 0.166 e. The molecule has 0 radical (unpaired) electrons. The molecule has 0 aliphatic carbocycles. The fourth-order valence-electron chi connectivity index (χ4n) is 7.10. The number of rotatable bonds is 4. The van der Waals surface area contributed by atoms with E-state index >= 15 is 0 Å². The summed E-state index contributed by atoms with van der Waals surface area (Å²) in [6.45, 7) is 0. The number of fused-ring (bicyclic) bond motifs is 9. The second kappa shape index (κ2) is 10.7. The Morgan fingerprint density at radius 3 is 1.79 bits per heavy atom. The maximum absolute atomic E-state index is 5.11. The molecular formula is C43H26N4S. The van der Waals surface area contributed by atoms with Crippen LogP contribution >= 0.6 is 11.3 Å². The summed E-state index contributed by atoms with van der Waals surface area (Å²) in [5.41, 5.74) is 6.17. The van der Waals surface area contributed by atoms with Crippen LogP contribution in [-0.4, -0.2) is 19.5 Å². The Balaban J connectivity index is 1.29. The molecule has 0 atom stereocenters. The number of hydrogen-bond acceptors (Lipinski definition) is 4. The minimum absolute atomic E-state index is 0.636. The summed E-state index contributed by atoms with van der Waals surface area (Å²) in [5.74, 6) is 1.93. The Hall–Kier alpha value is -6.17. The first-order valence-corrected chi connectivity index (χ1v) is 16.9. The maximum atomic E-state index is 5.11. The molecule has 0 spiro atoms. The van der Waals surface area contributed by atoms with E-state index in [-0.39, 0.29) is 0 Å². The van der Waals surface area contributed by atoms with Crippen LogP contribution in [0.1, 0.15) is 0 Å². The zero-order valence-corrected chi connectivity index (χ0v) is 26.5. The number of benzene rings is 7. The van der Waals surface area contributed by atoms with E-state index in [0.717, 1.165) is 33.4 Å². The first-order chi connectivity index (χ1) is 23.8. The number of aromatic nitrogens is 4. The van der Waals surface area contributed by atoms with Crippen molar-refractivity contribution >= 4 is 64.1 Å². The van der Waals surface area contributed by atoms with E-state index in [9.17, 15) is 0 Å². The third-order valence-electron chi connectivity index (χ3n) is 9.25. The van der Waals surface area contributed by atoms with Crippen LogP contribution in [0.25, 0.3) is 92.6 Å². The monoisotopic (exact) mass is 630 g/mol. The lowest BCUT2D eigenvalue weighted by Crippen LogP contribution is -2.03. The summed E-state index contributed by atoms with van der Waals surface area (Å²) >= 11 is 1.88. The quantitative estimate of drug-likeness (QED) is 0.194. The van der Waals surface area contributed by atoms with Gasteiger partial charge in [-0.2, -0.15) is 0 Å². The van der Waals surface area contributed by atoms with Crippen molar-refractivity contribution in [1.82, 2.24) is 19.5 Å². The third kappa shape index (κ3) is 4.11. The van der Waals surface area contributed by atoms with E-state index in [1.807, 2.05) is 72.0 Å². The Morgan fingerprint density at radius 2 is 1.02 bits per heavy atom. The van der Waals surface area contributed by atoms with Gasteiger partial charge in [0, 0.05) is 53.0 Å². The van der Waals surface area contributed by atoms with Gasteiger partial charge in [-0.05, 0) is 35.7 Å². The molecule has 0 saturated heterocycles. The summed E-state index contributed by atoms with van der Waals surface area (Å²) in [7, 11) is 0. The lowest BCUT2D eigenvalue weighted by atomic mass is 10.0. The number of para-hydroxylation sites is 2. The van der Waals surface area contributed by atoms with Crippen molar-refractivity contribution in [2.75, 3.05) is 0 Å². The zero-order valence-electron chi connectivity index (χ0n) is 25.7. The molecule has 0 N–H and O–H groups in total. The Kier molecular flexibility index (Phi) is 6.01. The molecule has 0 aliphatic rings. The highest BCUT2D eigenvalue weighted by Gasteiger charge is 2.21. The highest BCUT2D eigenvalue weighted by Crippen LogP contribution is 2.45. The molecule has 224 valence electrons. The van der Waals surface area contributed by atoms with E-state index in [4.69, 9.17) is 15.0 Å². The fraction of sp³-hybridized carbons (Fsp3) is 0. The molecule has 0 amide bonds. The van der Waals surface area contributed by atoms with Crippen LogP contribution in [0.2, 0.25) is 0 Å². The van der Waals surface area contributed by atoms with E-state index in [1.165, 1.54) is 41.7 Å². The average Bonchev–Trinajstić information content (AvgIpc) is 3.71. The van der Waals surface area contributed by atoms with Crippen LogP contribution in [0.4, 0.5) is 0 Å². The van der Waals surface area contributed by atoms with Crippen LogP contribution in [0.3, 0.4) is 0 Å². The summed E-state index contributed by atoms with van der Waals surface area (Å²) in [6, 6.07) is 55.3. The van der Waals surface area contributed by atoms with E-state index in [0.29, 0.717) is 17.5 Å². The van der Waals surface area contributed by atoms with Gasteiger partial charge < -0.3 is 4.57 Å². The summed E-state index contributed by atoms with van der Waals surface area (Å²) in [6.07, 6.45) is 0. The van der Waals surface area contributed by atoms with Gasteiger partial charge in [-0.25, -0.2) is 15.0 Å². The van der Waals surface area contributed by atoms with Crippen molar-refractivity contribution in [2.45, 2.75) is 0 Å².